The monoisotopic (exact) mass is 335 g/mol. The van der Waals surface area contributed by atoms with Crippen LogP contribution in [0.4, 0.5) is 13.2 Å². The van der Waals surface area contributed by atoms with Crippen molar-refractivity contribution in [1.29, 1.82) is 0 Å². The molecule has 2 N–H and O–H groups in total. The summed E-state index contributed by atoms with van der Waals surface area (Å²) in [4.78, 5) is 0.188. The lowest BCUT2D eigenvalue weighted by atomic mass is 9.81. The summed E-state index contributed by atoms with van der Waals surface area (Å²) >= 11 is -0.108. The van der Waals surface area contributed by atoms with Crippen LogP contribution in [0.15, 0.2) is 29.2 Å². The van der Waals surface area contributed by atoms with Gasteiger partial charge in [-0.2, -0.15) is 13.2 Å². The van der Waals surface area contributed by atoms with Gasteiger partial charge in [0, 0.05) is 36.6 Å². The summed E-state index contributed by atoms with van der Waals surface area (Å²) < 4.78 is 42.1. The third-order valence-electron chi connectivity index (χ3n) is 3.87. The van der Waals surface area contributed by atoms with Crippen molar-refractivity contribution in [2.45, 2.75) is 29.8 Å². The van der Waals surface area contributed by atoms with E-state index in [1.54, 1.807) is 12.1 Å². The van der Waals surface area contributed by atoms with Crippen LogP contribution in [-0.4, -0.2) is 37.0 Å². The second-order valence-electron chi connectivity index (χ2n) is 5.57. The number of aliphatic hydroxyl groups is 1. The van der Waals surface area contributed by atoms with E-state index < -0.39 is 5.51 Å². The Kier molecular flexibility index (Phi) is 6.14. The van der Waals surface area contributed by atoms with Crippen molar-refractivity contribution in [3.05, 3.63) is 29.8 Å². The number of ether oxygens (including phenoxy) is 1. The zero-order chi connectivity index (χ0) is 16.1. The van der Waals surface area contributed by atoms with Gasteiger partial charge >= 0.3 is 5.51 Å². The van der Waals surface area contributed by atoms with E-state index in [-0.39, 0.29) is 28.7 Å². The van der Waals surface area contributed by atoms with Gasteiger partial charge in [0.1, 0.15) is 0 Å². The average Bonchev–Trinajstić information content (AvgIpc) is 2.48. The van der Waals surface area contributed by atoms with Gasteiger partial charge in [0.2, 0.25) is 0 Å². The van der Waals surface area contributed by atoms with Crippen molar-refractivity contribution in [3.8, 4) is 0 Å². The molecule has 7 heteroatoms. The van der Waals surface area contributed by atoms with Crippen molar-refractivity contribution >= 4 is 11.8 Å². The van der Waals surface area contributed by atoms with Crippen molar-refractivity contribution in [2.75, 3.05) is 26.4 Å². The van der Waals surface area contributed by atoms with E-state index >= 15 is 0 Å². The van der Waals surface area contributed by atoms with Gasteiger partial charge in [0.05, 0.1) is 6.61 Å². The van der Waals surface area contributed by atoms with E-state index in [0.717, 1.165) is 18.4 Å². The maximum absolute atomic E-state index is 12.2. The molecule has 0 aliphatic carbocycles. The topological polar surface area (TPSA) is 41.5 Å². The number of rotatable bonds is 6. The number of nitrogens with one attached hydrogen (secondary N) is 1. The van der Waals surface area contributed by atoms with E-state index in [2.05, 4.69) is 5.32 Å². The first-order valence-corrected chi connectivity index (χ1v) is 7.98. The molecule has 0 amide bonds. The third-order valence-corrected chi connectivity index (χ3v) is 4.61. The normalized spacial score (nSPS) is 18.4. The highest BCUT2D eigenvalue weighted by Gasteiger charge is 2.31. The fourth-order valence-corrected chi connectivity index (χ4v) is 3.02. The summed E-state index contributed by atoms with van der Waals surface area (Å²) in [6.07, 6.45) is 1.63. The quantitative estimate of drug-likeness (QED) is 0.784. The van der Waals surface area contributed by atoms with E-state index in [1.807, 2.05) is 0 Å². The highest BCUT2D eigenvalue weighted by Crippen LogP contribution is 2.36. The van der Waals surface area contributed by atoms with Gasteiger partial charge in [0.15, 0.2) is 0 Å². The second-order valence-corrected chi connectivity index (χ2v) is 6.70. The van der Waals surface area contributed by atoms with Crippen LogP contribution in [0.2, 0.25) is 0 Å². The summed E-state index contributed by atoms with van der Waals surface area (Å²) in [7, 11) is 0. The van der Waals surface area contributed by atoms with Gasteiger partial charge in [-0.1, -0.05) is 12.1 Å². The molecule has 1 aromatic rings. The number of aliphatic hydroxyl groups excluding tert-OH is 1. The first kappa shape index (κ1) is 17.6. The Hall–Kier alpha value is -0.760. The second kappa shape index (κ2) is 7.68. The smallest absolute Gasteiger partial charge is 0.396 e. The molecule has 2 rings (SSSR count). The number of hydrogen-bond donors (Lipinski definition) is 2. The third kappa shape index (κ3) is 5.46. The van der Waals surface area contributed by atoms with Crippen LogP contribution in [0, 0.1) is 5.41 Å². The first-order valence-electron chi connectivity index (χ1n) is 7.17. The summed E-state index contributed by atoms with van der Waals surface area (Å²) in [5, 5.41) is 12.9. The van der Waals surface area contributed by atoms with Crippen LogP contribution in [0.3, 0.4) is 0 Å². The SMILES string of the molecule is OCC1(CNCc2ccc(SC(F)(F)F)cc2)CCOCC1. The summed E-state index contributed by atoms with van der Waals surface area (Å²) in [6, 6.07) is 6.34. The van der Waals surface area contributed by atoms with Crippen molar-refractivity contribution in [3.63, 3.8) is 0 Å². The summed E-state index contributed by atoms with van der Waals surface area (Å²) in [5.74, 6) is 0. The Morgan fingerprint density at radius 3 is 2.36 bits per heavy atom. The lowest BCUT2D eigenvalue weighted by Gasteiger charge is -2.35. The maximum Gasteiger partial charge on any atom is 0.446 e. The maximum atomic E-state index is 12.2. The van der Waals surface area contributed by atoms with Gasteiger partial charge in [-0.25, -0.2) is 0 Å². The lowest BCUT2D eigenvalue weighted by Crippen LogP contribution is -2.41. The molecule has 1 aromatic carbocycles. The van der Waals surface area contributed by atoms with E-state index in [9.17, 15) is 18.3 Å². The molecular formula is C15H20F3NO2S. The fraction of sp³-hybridized carbons (Fsp3) is 0.600. The largest absolute Gasteiger partial charge is 0.446 e. The Bertz CT molecular complexity index is 459. The van der Waals surface area contributed by atoms with Gasteiger partial charge in [-0.3, -0.25) is 0 Å². The van der Waals surface area contributed by atoms with Crippen molar-refractivity contribution in [2.24, 2.45) is 5.41 Å². The van der Waals surface area contributed by atoms with Crippen LogP contribution in [0.25, 0.3) is 0 Å². The zero-order valence-corrected chi connectivity index (χ0v) is 13.0. The number of hydrogen-bond acceptors (Lipinski definition) is 4. The van der Waals surface area contributed by atoms with Gasteiger partial charge in [0.25, 0.3) is 0 Å². The molecule has 3 nitrogen and oxygen atoms in total. The van der Waals surface area contributed by atoms with Crippen LogP contribution >= 0.6 is 11.8 Å². The predicted molar refractivity (Wildman–Crippen MR) is 79.6 cm³/mol. The van der Waals surface area contributed by atoms with Crippen LogP contribution in [0.1, 0.15) is 18.4 Å². The Labute approximate surface area is 132 Å². The van der Waals surface area contributed by atoms with Crippen LogP contribution in [-0.2, 0) is 11.3 Å². The number of alkyl halides is 3. The van der Waals surface area contributed by atoms with Gasteiger partial charge < -0.3 is 15.2 Å². The molecule has 1 fully saturated rings. The minimum absolute atomic E-state index is 0.108. The highest BCUT2D eigenvalue weighted by molar-refractivity contribution is 8.00. The van der Waals surface area contributed by atoms with Crippen LogP contribution < -0.4 is 5.32 Å². The molecule has 1 aliphatic rings. The Morgan fingerprint density at radius 1 is 1.18 bits per heavy atom. The average molecular weight is 335 g/mol. The fourth-order valence-electron chi connectivity index (χ4n) is 2.48. The van der Waals surface area contributed by atoms with Crippen LogP contribution in [0.5, 0.6) is 0 Å². The molecular weight excluding hydrogens is 315 g/mol. The molecule has 0 atom stereocenters. The Morgan fingerprint density at radius 2 is 1.82 bits per heavy atom. The molecule has 22 heavy (non-hydrogen) atoms. The standard InChI is InChI=1S/C15H20F3NO2S/c16-15(17,18)22-13-3-1-12(2-4-13)9-19-10-14(11-20)5-7-21-8-6-14/h1-4,19-20H,5-11H2. The van der Waals surface area contributed by atoms with Crippen molar-refractivity contribution < 1.29 is 23.0 Å². The molecule has 124 valence electrons. The molecule has 1 aliphatic heterocycles. The van der Waals surface area contributed by atoms with Crippen molar-refractivity contribution in [1.82, 2.24) is 5.32 Å². The highest BCUT2D eigenvalue weighted by atomic mass is 32.2. The van der Waals surface area contributed by atoms with E-state index in [4.69, 9.17) is 4.74 Å². The summed E-state index contributed by atoms with van der Waals surface area (Å²) in [5.41, 5.74) is -3.48. The van der Waals surface area contributed by atoms with Gasteiger partial charge in [-0.15, -0.1) is 0 Å². The lowest BCUT2D eigenvalue weighted by molar-refractivity contribution is -0.0328. The molecule has 0 radical (unpaired) electrons. The molecule has 0 saturated carbocycles. The molecule has 0 aromatic heterocycles. The van der Waals surface area contributed by atoms with E-state index in [0.29, 0.717) is 26.3 Å². The molecule has 0 spiro atoms. The number of halogens is 3. The van der Waals surface area contributed by atoms with Gasteiger partial charge in [-0.05, 0) is 42.3 Å². The molecule has 1 heterocycles. The predicted octanol–water partition coefficient (Wildman–Crippen LogP) is 3.18. The molecule has 0 bridgehead atoms. The first-order chi connectivity index (χ1) is 10.4. The van der Waals surface area contributed by atoms with E-state index in [1.165, 1.54) is 12.1 Å². The minimum atomic E-state index is -4.25. The summed E-state index contributed by atoms with van der Waals surface area (Å²) in [6.45, 7) is 2.67. The molecule has 1 saturated heterocycles. The molecule has 0 unspecified atom stereocenters. The number of thioether (sulfide) groups is 1. The number of benzene rings is 1. The zero-order valence-electron chi connectivity index (χ0n) is 12.2. The Balaban J connectivity index is 1.81. The minimum Gasteiger partial charge on any atom is -0.396 e.